The molecular formula is C17H21N3O4. The van der Waals surface area contributed by atoms with Crippen molar-refractivity contribution in [2.24, 2.45) is 0 Å². The van der Waals surface area contributed by atoms with Crippen LogP contribution in [0.25, 0.3) is 0 Å². The third kappa shape index (κ3) is 3.50. The van der Waals surface area contributed by atoms with Crippen molar-refractivity contribution >= 4 is 23.6 Å². The maximum absolute atomic E-state index is 12.5. The minimum Gasteiger partial charge on any atom is -0.453 e. The van der Waals surface area contributed by atoms with Crippen LogP contribution in [0.4, 0.5) is 10.5 Å². The number of ether oxygens (including phenoxy) is 1. The highest BCUT2D eigenvalue weighted by Gasteiger charge is 2.24. The van der Waals surface area contributed by atoms with E-state index in [-0.39, 0.29) is 17.9 Å². The van der Waals surface area contributed by atoms with Gasteiger partial charge in [-0.25, -0.2) is 4.79 Å². The molecule has 24 heavy (non-hydrogen) atoms. The summed E-state index contributed by atoms with van der Waals surface area (Å²) in [6.45, 7) is 2.03. The van der Waals surface area contributed by atoms with Crippen LogP contribution in [-0.4, -0.2) is 61.0 Å². The number of amides is 3. The molecule has 0 saturated carbocycles. The zero-order valence-corrected chi connectivity index (χ0v) is 13.7. The lowest BCUT2D eigenvalue weighted by Gasteiger charge is -2.34. The van der Waals surface area contributed by atoms with E-state index in [2.05, 4.69) is 5.32 Å². The zero-order valence-electron chi connectivity index (χ0n) is 13.7. The Bertz CT molecular complexity index is 666. The van der Waals surface area contributed by atoms with Gasteiger partial charge in [0.2, 0.25) is 11.8 Å². The summed E-state index contributed by atoms with van der Waals surface area (Å²) in [5, 5.41) is 2.84. The molecule has 2 aliphatic heterocycles. The molecule has 0 aliphatic carbocycles. The maximum Gasteiger partial charge on any atom is 0.409 e. The number of hydrogen-bond donors (Lipinski definition) is 1. The minimum atomic E-state index is -0.348. The molecule has 7 nitrogen and oxygen atoms in total. The summed E-state index contributed by atoms with van der Waals surface area (Å²) in [7, 11) is 1.36. The fourth-order valence-electron chi connectivity index (χ4n) is 3.10. The molecule has 0 bridgehead atoms. The van der Waals surface area contributed by atoms with Gasteiger partial charge in [0.15, 0.2) is 0 Å². The summed E-state index contributed by atoms with van der Waals surface area (Å²) in [6.07, 6.45) is 1.18. The number of carbonyl (C=O) groups is 3. The third-order valence-electron chi connectivity index (χ3n) is 4.49. The van der Waals surface area contributed by atoms with Gasteiger partial charge in [-0.1, -0.05) is 12.1 Å². The lowest BCUT2D eigenvalue weighted by Crippen LogP contribution is -2.50. The van der Waals surface area contributed by atoms with Crippen molar-refractivity contribution in [1.29, 1.82) is 0 Å². The lowest BCUT2D eigenvalue weighted by molar-refractivity contribution is -0.132. The van der Waals surface area contributed by atoms with Gasteiger partial charge in [0, 0.05) is 38.3 Å². The molecule has 3 rings (SSSR count). The van der Waals surface area contributed by atoms with Crippen LogP contribution in [0, 0.1) is 0 Å². The van der Waals surface area contributed by atoms with Crippen molar-refractivity contribution in [3.05, 3.63) is 29.3 Å². The molecule has 2 aliphatic rings. The molecule has 3 amide bonds. The Hall–Kier alpha value is -2.57. The van der Waals surface area contributed by atoms with Gasteiger partial charge < -0.3 is 19.9 Å². The number of benzene rings is 1. The van der Waals surface area contributed by atoms with E-state index >= 15 is 0 Å². The van der Waals surface area contributed by atoms with Crippen LogP contribution in [0.3, 0.4) is 0 Å². The first-order chi connectivity index (χ1) is 11.6. The Labute approximate surface area is 140 Å². The van der Waals surface area contributed by atoms with Crippen LogP contribution in [-0.2, 0) is 27.2 Å². The van der Waals surface area contributed by atoms with Gasteiger partial charge in [-0.15, -0.1) is 0 Å². The van der Waals surface area contributed by atoms with Gasteiger partial charge in [-0.05, 0) is 23.6 Å². The smallest absolute Gasteiger partial charge is 0.409 e. The predicted molar refractivity (Wildman–Crippen MR) is 87.7 cm³/mol. The van der Waals surface area contributed by atoms with Crippen LogP contribution in [0.5, 0.6) is 0 Å². The minimum absolute atomic E-state index is 0.0369. The van der Waals surface area contributed by atoms with E-state index < -0.39 is 0 Å². The molecule has 0 spiro atoms. The summed E-state index contributed by atoms with van der Waals surface area (Å²) in [5.74, 6) is 0.0918. The van der Waals surface area contributed by atoms with Crippen LogP contribution in [0.2, 0.25) is 0 Å². The highest BCUT2D eigenvalue weighted by molar-refractivity contribution is 5.94. The highest BCUT2D eigenvalue weighted by Crippen LogP contribution is 2.24. The molecule has 0 aromatic heterocycles. The molecular weight excluding hydrogens is 310 g/mol. The van der Waals surface area contributed by atoms with E-state index in [1.807, 2.05) is 18.2 Å². The Morgan fingerprint density at radius 2 is 1.83 bits per heavy atom. The first kappa shape index (κ1) is 16.3. The van der Waals surface area contributed by atoms with Crippen LogP contribution in [0.1, 0.15) is 17.5 Å². The number of methoxy groups -OCH3 is 1. The number of aryl methyl sites for hydroxylation is 1. The number of anilines is 1. The fraction of sp³-hybridized carbons (Fsp3) is 0.471. The number of hydrogen-bond acceptors (Lipinski definition) is 4. The molecule has 1 fully saturated rings. The molecule has 1 aromatic rings. The largest absolute Gasteiger partial charge is 0.453 e. The van der Waals surface area contributed by atoms with E-state index in [4.69, 9.17) is 4.74 Å². The maximum atomic E-state index is 12.5. The van der Waals surface area contributed by atoms with E-state index in [0.29, 0.717) is 45.4 Å². The van der Waals surface area contributed by atoms with Crippen LogP contribution >= 0.6 is 0 Å². The van der Waals surface area contributed by atoms with Crippen molar-refractivity contribution in [3.8, 4) is 0 Å². The van der Waals surface area contributed by atoms with Crippen molar-refractivity contribution in [3.63, 3.8) is 0 Å². The molecule has 0 atom stereocenters. The van der Waals surface area contributed by atoms with Crippen molar-refractivity contribution in [1.82, 2.24) is 9.80 Å². The second-order valence-electron chi connectivity index (χ2n) is 6.05. The van der Waals surface area contributed by atoms with E-state index in [1.165, 1.54) is 7.11 Å². The van der Waals surface area contributed by atoms with Crippen LogP contribution in [0.15, 0.2) is 18.2 Å². The van der Waals surface area contributed by atoms with E-state index in [1.54, 1.807) is 9.80 Å². The van der Waals surface area contributed by atoms with Gasteiger partial charge >= 0.3 is 6.09 Å². The highest BCUT2D eigenvalue weighted by atomic mass is 16.5. The normalized spacial score (nSPS) is 17.1. The first-order valence-corrected chi connectivity index (χ1v) is 8.09. The average Bonchev–Trinajstić information content (AvgIpc) is 2.61. The summed E-state index contributed by atoms with van der Waals surface area (Å²) < 4.78 is 4.70. The number of nitrogens with one attached hydrogen (secondary N) is 1. The molecule has 0 radical (unpaired) electrons. The van der Waals surface area contributed by atoms with Crippen molar-refractivity contribution in [2.75, 3.05) is 38.6 Å². The average molecular weight is 331 g/mol. The zero-order chi connectivity index (χ0) is 17.1. The van der Waals surface area contributed by atoms with Gasteiger partial charge in [0.25, 0.3) is 0 Å². The Morgan fingerprint density at radius 1 is 1.12 bits per heavy atom. The quantitative estimate of drug-likeness (QED) is 0.878. The summed E-state index contributed by atoms with van der Waals surface area (Å²) in [5.41, 5.74) is 2.87. The molecule has 0 unspecified atom stereocenters. The Balaban J connectivity index is 1.58. The van der Waals surface area contributed by atoms with Gasteiger partial charge in [-0.3, -0.25) is 9.59 Å². The molecule has 1 N–H and O–H groups in total. The number of fused-ring (bicyclic) bond motifs is 1. The number of nitrogens with zero attached hydrogens (tertiary/aromatic N) is 2. The third-order valence-corrected chi connectivity index (χ3v) is 4.49. The van der Waals surface area contributed by atoms with Gasteiger partial charge in [0.1, 0.15) is 0 Å². The SMILES string of the molecule is COC(=O)N1CCN(C(=O)Cc2ccc3c(c2)CCC(=O)N3)CC1. The second-order valence-corrected chi connectivity index (χ2v) is 6.05. The summed E-state index contributed by atoms with van der Waals surface area (Å²) >= 11 is 0. The molecule has 2 heterocycles. The molecule has 1 saturated heterocycles. The van der Waals surface area contributed by atoms with Crippen molar-refractivity contribution in [2.45, 2.75) is 19.3 Å². The first-order valence-electron chi connectivity index (χ1n) is 8.09. The predicted octanol–water partition coefficient (Wildman–Crippen LogP) is 1.02. The number of piperazine rings is 1. The summed E-state index contributed by atoms with van der Waals surface area (Å²) in [6, 6.07) is 5.74. The second kappa shape index (κ2) is 6.90. The Kier molecular flexibility index (Phi) is 4.69. The van der Waals surface area contributed by atoms with Gasteiger partial charge in [-0.2, -0.15) is 0 Å². The van der Waals surface area contributed by atoms with Crippen LogP contribution < -0.4 is 5.32 Å². The summed E-state index contributed by atoms with van der Waals surface area (Å²) in [4.78, 5) is 38.7. The Morgan fingerprint density at radius 3 is 2.54 bits per heavy atom. The molecule has 7 heteroatoms. The van der Waals surface area contributed by atoms with E-state index in [9.17, 15) is 14.4 Å². The number of rotatable bonds is 2. The standard InChI is InChI=1S/C17H21N3O4/c1-24-17(23)20-8-6-19(7-9-20)16(22)11-12-2-4-14-13(10-12)3-5-15(21)18-14/h2,4,10H,3,5-9,11H2,1H3,(H,18,21). The van der Waals surface area contributed by atoms with E-state index in [0.717, 1.165) is 16.8 Å². The topological polar surface area (TPSA) is 79.0 Å². The monoisotopic (exact) mass is 331 g/mol. The molecule has 128 valence electrons. The molecule has 1 aromatic carbocycles. The number of carbonyl (C=O) groups excluding carboxylic acids is 3. The van der Waals surface area contributed by atoms with Crippen molar-refractivity contribution < 1.29 is 19.1 Å². The van der Waals surface area contributed by atoms with Gasteiger partial charge in [0.05, 0.1) is 13.5 Å². The fourth-order valence-corrected chi connectivity index (χ4v) is 3.10. The lowest BCUT2D eigenvalue weighted by atomic mass is 9.99.